The standard InChI is InChI=1S/C15H14ClFN2O/c1-10(20)19-14-4-2-11(3-5-14)9-18-15-7-12(16)6-13(17)8-15/h2-8,18H,9H2,1H3,(H,19,20). The summed E-state index contributed by atoms with van der Waals surface area (Å²) in [6.07, 6.45) is 0. The van der Waals surface area contributed by atoms with Crippen LogP contribution < -0.4 is 10.6 Å². The van der Waals surface area contributed by atoms with Gasteiger partial charge in [-0.25, -0.2) is 4.39 Å². The molecule has 0 spiro atoms. The van der Waals surface area contributed by atoms with Crippen LogP contribution in [-0.2, 0) is 11.3 Å². The fraction of sp³-hybridized carbons (Fsp3) is 0.133. The number of carbonyl (C=O) groups is 1. The molecule has 0 aliphatic rings. The van der Waals surface area contributed by atoms with Crippen LogP contribution in [0.3, 0.4) is 0 Å². The summed E-state index contributed by atoms with van der Waals surface area (Å²) in [5, 5.41) is 6.14. The molecule has 0 aliphatic heterocycles. The Morgan fingerprint density at radius 3 is 2.45 bits per heavy atom. The van der Waals surface area contributed by atoms with Gasteiger partial charge in [0.25, 0.3) is 0 Å². The van der Waals surface area contributed by atoms with Crippen LogP contribution in [0.5, 0.6) is 0 Å². The van der Waals surface area contributed by atoms with Crippen molar-refractivity contribution in [2.75, 3.05) is 10.6 Å². The number of hydrogen-bond acceptors (Lipinski definition) is 2. The van der Waals surface area contributed by atoms with Gasteiger partial charge in [0.1, 0.15) is 5.82 Å². The quantitative estimate of drug-likeness (QED) is 0.892. The minimum Gasteiger partial charge on any atom is -0.381 e. The Hall–Kier alpha value is -2.07. The van der Waals surface area contributed by atoms with Crippen LogP contribution in [0, 0.1) is 5.82 Å². The van der Waals surface area contributed by atoms with Gasteiger partial charge in [0, 0.05) is 29.9 Å². The van der Waals surface area contributed by atoms with Gasteiger partial charge in [-0.05, 0) is 35.9 Å². The first kappa shape index (κ1) is 14.3. The minimum atomic E-state index is -0.374. The van der Waals surface area contributed by atoms with E-state index in [0.29, 0.717) is 17.3 Å². The van der Waals surface area contributed by atoms with Crippen molar-refractivity contribution in [3.05, 3.63) is 58.9 Å². The second kappa shape index (κ2) is 6.39. The maximum Gasteiger partial charge on any atom is 0.221 e. The predicted octanol–water partition coefficient (Wildman–Crippen LogP) is 4.05. The van der Waals surface area contributed by atoms with E-state index in [1.54, 1.807) is 6.07 Å². The van der Waals surface area contributed by atoms with Gasteiger partial charge in [0.05, 0.1) is 0 Å². The van der Waals surface area contributed by atoms with Gasteiger partial charge >= 0.3 is 0 Å². The largest absolute Gasteiger partial charge is 0.381 e. The van der Waals surface area contributed by atoms with Crippen molar-refractivity contribution in [3.63, 3.8) is 0 Å². The van der Waals surface area contributed by atoms with Gasteiger partial charge in [0.2, 0.25) is 5.91 Å². The molecule has 0 bridgehead atoms. The Morgan fingerprint density at radius 1 is 1.15 bits per heavy atom. The van der Waals surface area contributed by atoms with Gasteiger partial charge in [-0.15, -0.1) is 0 Å². The summed E-state index contributed by atoms with van der Waals surface area (Å²) >= 11 is 5.78. The highest BCUT2D eigenvalue weighted by Crippen LogP contribution is 2.19. The van der Waals surface area contributed by atoms with E-state index in [0.717, 1.165) is 11.3 Å². The lowest BCUT2D eigenvalue weighted by Gasteiger charge is -2.08. The molecule has 0 fully saturated rings. The lowest BCUT2D eigenvalue weighted by atomic mass is 10.2. The highest BCUT2D eigenvalue weighted by molar-refractivity contribution is 6.30. The predicted molar refractivity (Wildman–Crippen MR) is 79.5 cm³/mol. The fourth-order valence-electron chi connectivity index (χ4n) is 1.77. The van der Waals surface area contributed by atoms with Crippen LogP contribution in [0.2, 0.25) is 5.02 Å². The highest BCUT2D eigenvalue weighted by atomic mass is 35.5. The molecular weight excluding hydrogens is 279 g/mol. The van der Waals surface area contributed by atoms with Gasteiger partial charge in [-0.2, -0.15) is 0 Å². The first-order chi connectivity index (χ1) is 9.52. The maximum absolute atomic E-state index is 13.2. The van der Waals surface area contributed by atoms with Crippen LogP contribution in [0.25, 0.3) is 0 Å². The number of hydrogen-bond donors (Lipinski definition) is 2. The fourth-order valence-corrected chi connectivity index (χ4v) is 1.99. The van der Waals surface area contributed by atoms with E-state index in [9.17, 15) is 9.18 Å². The SMILES string of the molecule is CC(=O)Nc1ccc(CNc2cc(F)cc(Cl)c2)cc1. The molecule has 104 valence electrons. The number of amides is 1. The number of carbonyl (C=O) groups excluding carboxylic acids is 1. The summed E-state index contributed by atoms with van der Waals surface area (Å²) in [6.45, 7) is 2.00. The molecule has 0 saturated carbocycles. The Labute approximate surface area is 121 Å². The number of halogens is 2. The second-order valence-corrected chi connectivity index (χ2v) is 4.83. The summed E-state index contributed by atoms with van der Waals surface area (Å²) in [6, 6.07) is 11.7. The third-order valence-corrected chi connectivity index (χ3v) is 2.85. The summed E-state index contributed by atoms with van der Waals surface area (Å²) in [5.41, 5.74) is 2.38. The summed E-state index contributed by atoms with van der Waals surface area (Å²) in [5.74, 6) is -0.480. The van der Waals surface area contributed by atoms with Gasteiger partial charge in [-0.3, -0.25) is 4.79 Å². The molecule has 0 aliphatic carbocycles. The van der Waals surface area contributed by atoms with E-state index in [1.807, 2.05) is 24.3 Å². The van der Waals surface area contributed by atoms with Crippen molar-refractivity contribution in [1.29, 1.82) is 0 Å². The molecule has 2 N–H and O–H groups in total. The molecule has 0 unspecified atom stereocenters. The first-order valence-corrected chi connectivity index (χ1v) is 6.47. The minimum absolute atomic E-state index is 0.106. The molecule has 20 heavy (non-hydrogen) atoms. The van der Waals surface area contributed by atoms with E-state index in [4.69, 9.17) is 11.6 Å². The van der Waals surface area contributed by atoms with Crippen molar-refractivity contribution < 1.29 is 9.18 Å². The van der Waals surface area contributed by atoms with Gasteiger partial charge in [-0.1, -0.05) is 23.7 Å². The van der Waals surface area contributed by atoms with Crippen molar-refractivity contribution >= 4 is 28.9 Å². The zero-order chi connectivity index (χ0) is 14.5. The topological polar surface area (TPSA) is 41.1 Å². The number of nitrogens with one attached hydrogen (secondary N) is 2. The molecule has 0 heterocycles. The number of rotatable bonds is 4. The molecule has 0 saturated heterocycles. The Bertz CT molecular complexity index is 594. The Kier molecular flexibility index (Phi) is 4.58. The maximum atomic E-state index is 13.2. The van der Waals surface area contributed by atoms with Crippen LogP contribution in [-0.4, -0.2) is 5.91 Å². The normalized spacial score (nSPS) is 10.2. The molecule has 2 aromatic rings. The average molecular weight is 293 g/mol. The Balaban J connectivity index is 1.98. The van der Waals surface area contributed by atoms with Crippen molar-refractivity contribution in [2.24, 2.45) is 0 Å². The lowest BCUT2D eigenvalue weighted by molar-refractivity contribution is -0.114. The monoisotopic (exact) mass is 292 g/mol. The van der Waals surface area contributed by atoms with Gasteiger partial charge in [0.15, 0.2) is 0 Å². The molecular formula is C15H14ClFN2O. The van der Waals surface area contributed by atoms with Gasteiger partial charge < -0.3 is 10.6 Å². The third kappa shape index (κ3) is 4.24. The summed E-state index contributed by atoms with van der Waals surface area (Å²) in [4.78, 5) is 10.9. The zero-order valence-corrected chi connectivity index (χ0v) is 11.7. The highest BCUT2D eigenvalue weighted by Gasteiger charge is 2.00. The summed E-state index contributed by atoms with van der Waals surface area (Å²) < 4.78 is 13.2. The molecule has 2 aromatic carbocycles. The summed E-state index contributed by atoms with van der Waals surface area (Å²) in [7, 11) is 0. The van der Waals surface area contributed by atoms with E-state index in [2.05, 4.69) is 10.6 Å². The lowest BCUT2D eigenvalue weighted by Crippen LogP contribution is -2.06. The van der Waals surface area contributed by atoms with Crippen molar-refractivity contribution in [2.45, 2.75) is 13.5 Å². The van der Waals surface area contributed by atoms with Crippen LogP contribution in [0.1, 0.15) is 12.5 Å². The molecule has 5 heteroatoms. The molecule has 0 aromatic heterocycles. The van der Waals surface area contributed by atoms with Crippen LogP contribution in [0.15, 0.2) is 42.5 Å². The van der Waals surface area contributed by atoms with E-state index in [-0.39, 0.29) is 11.7 Å². The van der Waals surface area contributed by atoms with E-state index < -0.39 is 0 Å². The molecule has 0 atom stereocenters. The third-order valence-electron chi connectivity index (χ3n) is 2.63. The number of benzene rings is 2. The van der Waals surface area contributed by atoms with Crippen LogP contribution >= 0.6 is 11.6 Å². The molecule has 1 amide bonds. The first-order valence-electron chi connectivity index (χ1n) is 6.09. The zero-order valence-electron chi connectivity index (χ0n) is 10.9. The second-order valence-electron chi connectivity index (χ2n) is 4.39. The number of anilines is 2. The average Bonchev–Trinajstić information content (AvgIpc) is 2.36. The molecule has 3 nitrogen and oxygen atoms in total. The van der Waals surface area contributed by atoms with E-state index in [1.165, 1.54) is 19.1 Å². The van der Waals surface area contributed by atoms with Crippen molar-refractivity contribution in [1.82, 2.24) is 0 Å². The molecule has 2 rings (SSSR count). The van der Waals surface area contributed by atoms with Crippen molar-refractivity contribution in [3.8, 4) is 0 Å². The Morgan fingerprint density at radius 2 is 1.85 bits per heavy atom. The smallest absolute Gasteiger partial charge is 0.221 e. The molecule has 0 radical (unpaired) electrons. The van der Waals surface area contributed by atoms with Crippen LogP contribution in [0.4, 0.5) is 15.8 Å². The van der Waals surface area contributed by atoms with E-state index >= 15 is 0 Å².